The lowest BCUT2D eigenvalue weighted by atomic mass is 10.00. The predicted octanol–water partition coefficient (Wildman–Crippen LogP) is 4.78. The number of anilines is 2. The van der Waals surface area contributed by atoms with Crippen LogP contribution in [0.2, 0.25) is 0 Å². The predicted molar refractivity (Wildman–Crippen MR) is 151 cm³/mol. The molecule has 3 rings (SSSR count). The second-order valence-corrected chi connectivity index (χ2v) is 12.9. The van der Waals surface area contributed by atoms with E-state index in [-0.39, 0.29) is 17.2 Å². The van der Waals surface area contributed by atoms with E-state index in [2.05, 4.69) is 39.2 Å². The van der Waals surface area contributed by atoms with E-state index < -0.39 is 27.0 Å². The normalized spacial score (nSPS) is 12.4. The summed E-state index contributed by atoms with van der Waals surface area (Å²) in [7, 11) is -3.79. The fourth-order valence-electron chi connectivity index (χ4n) is 3.62. The number of aromatic nitrogens is 2. The van der Waals surface area contributed by atoms with Gasteiger partial charge in [-0.15, -0.1) is 0 Å². The molecule has 0 radical (unpaired) electrons. The minimum atomic E-state index is -3.79. The van der Waals surface area contributed by atoms with Crippen molar-refractivity contribution in [1.82, 2.24) is 14.7 Å². The molecule has 3 aromatic rings. The highest BCUT2D eigenvalue weighted by Crippen LogP contribution is 2.27. The Morgan fingerprint density at radius 1 is 1.03 bits per heavy atom. The SMILES string of the molecule is CC(C)c1ccc(-c2nc(NC(C)(C)CO)cnc2C(=O)Nc2cccc(S(=O)(=O)NC(C)(C)C)c2)cc1. The van der Waals surface area contributed by atoms with E-state index in [1.807, 2.05) is 38.1 Å². The molecule has 1 aromatic heterocycles. The number of aliphatic hydroxyl groups is 1. The standard InChI is InChI=1S/C28H37N5O4S/c1-18(2)19-11-13-20(14-12-19)24-25(29-16-23(31-24)32-28(6,7)17-34)26(35)30-21-9-8-10-22(15-21)38(36,37)33-27(3,4)5/h8-16,18,33-34H,17H2,1-7H3,(H,30,35)(H,31,32). The van der Waals surface area contributed by atoms with E-state index in [0.717, 1.165) is 5.56 Å². The summed E-state index contributed by atoms with van der Waals surface area (Å²) in [6.45, 7) is 13.0. The molecule has 0 unspecified atom stereocenters. The van der Waals surface area contributed by atoms with E-state index in [1.54, 1.807) is 32.9 Å². The van der Waals surface area contributed by atoms with Crippen LogP contribution in [-0.4, -0.2) is 47.1 Å². The van der Waals surface area contributed by atoms with Crippen LogP contribution >= 0.6 is 0 Å². The first-order valence-corrected chi connectivity index (χ1v) is 13.9. The van der Waals surface area contributed by atoms with E-state index >= 15 is 0 Å². The van der Waals surface area contributed by atoms with Gasteiger partial charge in [0.15, 0.2) is 5.69 Å². The molecular weight excluding hydrogens is 502 g/mol. The number of rotatable bonds is 9. The van der Waals surface area contributed by atoms with Crippen molar-refractivity contribution in [3.63, 3.8) is 0 Å². The molecule has 4 N–H and O–H groups in total. The number of nitrogens with zero attached hydrogens (tertiary/aromatic N) is 2. The van der Waals surface area contributed by atoms with Gasteiger partial charge >= 0.3 is 0 Å². The smallest absolute Gasteiger partial charge is 0.276 e. The second kappa shape index (κ2) is 11.2. The molecule has 0 bridgehead atoms. The number of benzene rings is 2. The molecule has 0 fully saturated rings. The Morgan fingerprint density at radius 2 is 1.68 bits per heavy atom. The van der Waals surface area contributed by atoms with Crippen molar-refractivity contribution in [2.24, 2.45) is 0 Å². The Morgan fingerprint density at radius 3 is 2.26 bits per heavy atom. The monoisotopic (exact) mass is 539 g/mol. The van der Waals surface area contributed by atoms with Crippen LogP contribution in [0.1, 0.15) is 70.4 Å². The van der Waals surface area contributed by atoms with Crippen LogP contribution in [0.3, 0.4) is 0 Å². The number of hydrogen-bond donors (Lipinski definition) is 4. The summed E-state index contributed by atoms with van der Waals surface area (Å²) >= 11 is 0. The number of nitrogens with one attached hydrogen (secondary N) is 3. The molecule has 0 aliphatic carbocycles. The van der Waals surface area contributed by atoms with Gasteiger partial charge in [0.05, 0.1) is 23.2 Å². The molecule has 0 saturated carbocycles. The topological polar surface area (TPSA) is 133 Å². The van der Waals surface area contributed by atoms with Crippen molar-refractivity contribution in [1.29, 1.82) is 0 Å². The summed E-state index contributed by atoms with van der Waals surface area (Å²) in [6.07, 6.45) is 1.44. The van der Waals surface area contributed by atoms with Crippen molar-refractivity contribution in [2.45, 2.75) is 70.4 Å². The first-order chi connectivity index (χ1) is 17.6. The lowest BCUT2D eigenvalue weighted by molar-refractivity contribution is 0.102. The van der Waals surface area contributed by atoms with Gasteiger partial charge in [-0.25, -0.2) is 23.1 Å². The highest BCUT2D eigenvalue weighted by atomic mass is 32.2. The lowest BCUT2D eigenvalue weighted by Crippen LogP contribution is -2.40. The molecular formula is C28H37N5O4S. The Hall–Kier alpha value is -3.34. The molecule has 0 aliphatic heterocycles. The summed E-state index contributed by atoms with van der Waals surface area (Å²) in [5.41, 5.74) is 1.27. The first-order valence-electron chi connectivity index (χ1n) is 12.4. The molecule has 0 spiro atoms. The highest BCUT2D eigenvalue weighted by molar-refractivity contribution is 7.89. The molecule has 9 nitrogen and oxygen atoms in total. The minimum absolute atomic E-state index is 0.0339. The van der Waals surface area contributed by atoms with E-state index in [4.69, 9.17) is 0 Å². The van der Waals surface area contributed by atoms with Crippen molar-refractivity contribution in [3.8, 4) is 11.3 Å². The van der Waals surface area contributed by atoms with Gasteiger partial charge in [0.2, 0.25) is 10.0 Å². The fourth-order valence-corrected chi connectivity index (χ4v) is 5.09. The molecule has 1 amide bonds. The number of amides is 1. The molecule has 38 heavy (non-hydrogen) atoms. The Bertz CT molecular complexity index is 1400. The third-order valence-electron chi connectivity index (χ3n) is 5.54. The maximum absolute atomic E-state index is 13.4. The van der Waals surface area contributed by atoms with Gasteiger partial charge < -0.3 is 15.7 Å². The third-order valence-corrected chi connectivity index (χ3v) is 7.30. The number of carbonyl (C=O) groups excluding carboxylic acids is 1. The number of sulfonamides is 1. The zero-order valence-corrected chi connectivity index (χ0v) is 23.8. The van der Waals surface area contributed by atoms with Crippen molar-refractivity contribution in [3.05, 3.63) is 66.0 Å². The maximum Gasteiger partial charge on any atom is 0.276 e. The van der Waals surface area contributed by atoms with E-state index in [9.17, 15) is 18.3 Å². The summed E-state index contributed by atoms with van der Waals surface area (Å²) in [4.78, 5) is 22.5. The van der Waals surface area contributed by atoms with Gasteiger partial charge in [0.1, 0.15) is 11.5 Å². The summed E-state index contributed by atoms with van der Waals surface area (Å²) < 4.78 is 28.2. The van der Waals surface area contributed by atoms with Gasteiger partial charge in [-0.3, -0.25) is 4.79 Å². The average molecular weight is 540 g/mol. The second-order valence-electron chi connectivity index (χ2n) is 11.2. The van der Waals surface area contributed by atoms with Gasteiger partial charge in [-0.05, 0) is 64.3 Å². The van der Waals surface area contributed by atoms with Crippen LogP contribution in [0, 0.1) is 0 Å². The molecule has 204 valence electrons. The van der Waals surface area contributed by atoms with Crippen LogP contribution in [0.25, 0.3) is 11.3 Å². The fraction of sp³-hybridized carbons (Fsp3) is 0.393. The number of carbonyl (C=O) groups is 1. The minimum Gasteiger partial charge on any atom is -0.394 e. The van der Waals surface area contributed by atoms with Crippen LogP contribution in [0.4, 0.5) is 11.5 Å². The molecule has 1 heterocycles. The van der Waals surface area contributed by atoms with E-state index in [1.165, 1.54) is 18.3 Å². The Balaban J connectivity index is 1.99. The zero-order chi connectivity index (χ0) is 28.3. The van der Waals surface area contributed by atoms with Gasteiger partial charge in [-0.1, -0.05) is 44.2 Å². The zero-order valence-electron chi connectivity index (χ0n) is 23.0. The van der Waals surface area contributed by atoms with E-state index in [0.29, 0.717) is 28.7 Å². The van der Waals surface area contributed by atoms with Crippen molar-refractivity contribution < 1.29 is 18.3 Å². The average Bonchev–Trinajstić information content (AvgIpc) is 2.82. The molecule has 10 heteroatoms. The number of aliphatic hydroxyl groups excluding tert-OH is 1. The lowest BCUT2D eigenvalue weighted by Gasteiger charge is -2.24. The molecule has 0 aliphatic rings. The van der Waals surface area contributed by atoms with Crippen molar-refractivity contribution in [2.75, 3.05) is 17.2 Å². The molecule has 0 saturated heterocycles. The van der Waals surface area contributed by atoms with Gasteiger partial charge in [-0.2, -0.15) is 0 Å². The summed E-state index contributed by atoms with van der Waals surface area (Å²) in [6, 6.07) is 13.8. The maximum atomic E-state index is 13.4. The van der Waals surface area contributed by atoms with Crippen LogP contribution in [-0.2, 0) is 10.0 Å². The third kappa shape index (κ3) is 7.59. The summed E-state index contributed by atoms with van der Waals surface area (Å²) in [5.74, 6) is 0.212. The highest BCUT2D eigenvalue weighted by Gasteiger charge is 2.24. The van der Waals surface area contributed by atoms with Gasteiger partial charge in [0.25, 0.3) is 5.91 Å². The number of hydrogen-bond acceptors (Lipinski definition) is 7. The van der Waals surface area contributed by atoms with Crippen molar-refractivity contribution >= 4 is 27.4 Å². The summed E-state index contributed by atoms with van der Waals surface area (Å²) in [5, 5.41) is 15.5. The quantitative estimate of drug-likeness (QED) is 0.308. The van der Waals surface area contributed by atoms with Gasteiger partial charge in [0, 0.05) is 16.8 Å². The first kappa shape index (κ1) is 29.2. The molecule has 0 atom stereocenters. The Labute approximate surface area is 225 Å². The van der Waals surface area contributed by atoms with Crippen LogP contribution < -0.4 is 15.4 Å². The van der Waals surface area contributed by atoms with Crippen LogP contribution in [0.15, 0.2) is 59.6 Å². The largest absolute Gasteiger partial charge is 0.394 e. The molecule has 2 aromatic carbocycles. The Kier molecular flexibility index (Phi) is 8.60. The van der Waals surface area contributed by atoms with Crippen LogP contribution in [0.5, 0.6) is 0 Å².